The van der Waals surface area contributed by atoms with E-state index in [0.29, 0.717) is 5.75 Å². The monoisotopic (exact) mass is 281 g/mol. The maximum absolute atomic E-state index is 9.35. The van der Waals surface area contributed by atoms with Gasteiger partial charge in [0.1, 0.15) is 5.75 Å². The van der Waals surface area contributed by atoms with Gasteiger partial charge in [-0.05, 0) is 24.1 Å². The van der Waals surface area contributed by atoms with Crippen molar-refractivity contribution < 1.29 is 5.11 Å². The van der Waals surface area contributed by atoms with Crippen molar-refractivity contribution >= 4 is 12.4 Å². The van der Waals surface area contributed by atoms with Crippen molar-refractivity contribution in [3.63, 3.8) is 0 Å². The molecular weight excluding hydrogens is 262 g/mol. The lowest BCUT2D eigenvalue weighted by Gasteiger charge is -2.03. The van der Waals surface area contributed by atoms with Crippen LogP contribution in [0.4, 0.5) is 0 Å². The van der Waals surface area contributed by atoms with E-state index in [9.17, 15) is 5.11 Å². The summed E-state index contributed by atoms with van der Waals surface area (Å²) in [6.45, 7) is 4.64. The van der Waals surface area contributed by atoms with Crippen molar-refractivity contribution in [3.8, 4) is 5.75 Å². The summed E-state index contributed by atoms with van der Waals surface area (Å²) in [6.07, 6.45) is 5.06. The van der Waals surface area contributed by atoms with Gasteiger partial charge in [-0.2, -0.15) is 5.10 Å². The van der Waals surface area contributed by atoms with E-state index in [1.807, 2.05) is 23.0 Å². The molecule has 19 heavy (non-hydrogen) atoms. The number of aromatic hydroxyl groups is 1. The molecule has 0 bridgehead atoms. The minimum atomic E-state index is 0. The molecule has 0 radical (unpaired) electrons. The van der Waals surface area contributed by atoms with Gasteiger partial charge in [-0.1, -0.05) is 19.1 Å². The molecule has 0 aliphatic heterocycles. The largest absolute Gasteiger partial charge is 0.508 e. The fraction of sp³-hybridized carbons (Fsp3) is 0.357. The van der Waals surface area contributed by atoms with Crippen LogP contribution in [-0.4, -0.2) is 14.9 Å². The Labute approximate surface area is 119 Å². The maximum atomic E-state index is 9.35. The summed E-state index contributed by atoms with van der Waals surface area (Å²) in [7, 11) is 0. The van der Waals surface area contributed by atoms with E-state index >= 15 is 0 Å². The number of phenolic OH excluding ortho intramolecular Hbond substituents is 1. The molecule has 0 saturated heterocycles. The first-order chi connectivity index (χ1) is 8.78. The van der Waals surface area contributed by atoms with Gasteiger partial charge >= 0.3 is 0 Å². The van der Waals surface area contributed by atoms with Gasteiger partial charge in [0.15, 0.2) is 0 Å². The molecule has 0 spiro atoms. The Morgan fingerprint density at radius 3 is 2.79 bits per heavy atom. The van der Waals surface area contributed by atoms with Gasteiger partial charge in [-0.25, -0.2) is 0 Å². The predicted molar refractivity (Wildman–Crippen MR) is 78.4 cm³/mol. The Hall–Kier alpha value is -1.52. The fourth-order valence-corrected chi connectivity index (χ4v) is 1.87. The minimum Gasteiger partial charge on any atom is -0.508 e. The SMILES string of the molecule is CCCn1cc(CNCc2cccc(O)c2)cn1.Cl. The number of aromatic nitrogens is 2. The molecule has 0 fully saturated rings. The first kappa shape index (κ1) is 15.5. The van der Waals surface area contributed by atoms with Crippen LogP contribution in [0.1, 0.15) is 24.5 Å². The maximum Gasteiger partial charge on any atom is 0.115 e. The summed E-state index contributed by atoms with van der Waals surface area (Å²) in [4.78, 5) is 0. The van der Waals surface area contributed by atoms with Crippen molar-refractivity contribution in [2.75, 3.05) is 0 Å². The Morgan fingerprint density at radius 2 is 2.05 bits per heavy atom. The third-order valence-corrected chi connectivity index (χ3v) is 2.71. The predicted octanol–water partition coefficient (Wildman–Crippen LogP) is 2.71. The fourth-order valence-electron chi connectivity index (χ4n) is 1.87. The zero-order valence-corrected chi connectivity index (χ0v) is 11.9. The minimum absolute atomic E-state index is 0. The molecule has 0 aliphatic carbocycles. The van der Waals surface area contributed by atoms with Crippen LogP contribution in [0.25, 0.3) is 0 Å². The number of aryl methyl sites for hydroxylation is 1. The zero-order chi connectivity index (χ0) is 12.8. The van der Waals surface area contributed by atoms with E-state index in [1.54, 1.807) is 12.1 Å². The first-order valence-electron chi connectivity index (χ1n) is 6.28. The molecule has 1 aromatic carbocycles. The standard InChI is InChI=1S/C14H19N3O.ClH/c1-2-6-17-11-13(10-16-17)9-15-8-12-4-3-5-14(18)7-12;/h3-5,7,10-11,15,18H,2,6,8-9H2,1H3;1H. The lowest BCUT2D eigenvalue weighted by Crippen LogP contribution is -2.12. The average Bonchev–Trinajstić information content (AvgIpc) is 2.78. The van der Waals surface area contributed by atoms with Crippen LogP contribution in [0.3, 0.4) is 0 Å². The van der Waals surface area contributed by atoms with Crippen LogP contribution in [-0.2, 0) is 19.6 Å². The summed E-state index contributed by atoms with van der Waals surface area (Å²) in [5.41, 5.74) is 2.26. The van der Waals surface area contributed by atoms with Gasteiger partial charge in [0.2, 0.25) is 0 Å². The number of hydrogen-bond acceptors (Lipinski definition) is 3. The summed E-state index contributed by atoms with van der Waals surface area (Å²) in [5, 5.41) is 17.0. The number of halogens is 1. The molecule has 2 N–H and O–H groups in total. The van der Waals surface area contributed by atoms with Crippen LogP contribution < -0.4 is 5.32 Å². The molecule has 0 atom stereocenters. The van der Waals surface area contributed by atoms with E-state index < -0.39 is 0 Å². The lowest BCUT2D eigenvalue weighted by atomic mass is 10.2. The highest BCUT2D eigenvalue weighted by molar-refractivity contribution is 5.85. The molecule has 0 aliphatic rings. The third-order valence-electron chi connectivity index (χ3n) is 2.71. The van der Waals surface area contributed by atoms with E-state index in [4.69, 9.17) is 0 Å². The number of benzene rings is 1. The summed E-state index contributed by atoms with van der Waals surface area (Å²) < 4.78 is 1.96. The van der Waals surface area contributed by atoms with Gasteiger partial charge in [-0.15, -0.1) is 12.4 Å². The quantitative estimate of drug-likeness (QED) is 0.856. The summed E-state index contributed by atoms with van der Waals surface area (Å²) >= 11 is 0. The molecule has 2 aromatic rings. The van der Waals surface area contributed by atoms with E-state index in [1.165, 1.54) is 5.56 Å². The second kappa shape index (κ2) is 7.81. The molecule has 104 valence electrons. The normalized spacial score (nSPS) is 10.2. The second-order valence-electron chi connectivity index (χ2n) is 4.39. The Morgan fingerprint density at radius 1 is 1.26 bits per heavy atom. The third kappa shape index (κ3) is 4.93. The highest BCUT2D eigenvalue weighted by Gasteiger charge is 1.98. The number of phenols is 1. The highest BCUT2D eigenvalue weighted by atomic mass is 35.5. The van der Waals surface area contributed by atoms with Crippen LogP contribution in [0.15, 0.2) is 36.7 Å². The van der Waals surface area contributed by atoms with Gasteiger partial charge in [-0.3, -0.25) is 4.68 Å². The smallest absolute Gasteiger partial charge is 0.115 e. The number of nitrogens with zero attached hydrogens (tertiary/aromatic N) is 2. The Bertz CT molecular complexity index is 499. The molecule has 0 amide bonds. The highest BCUT2D eigenvalue weighted by Crippen LogP contribution is 2.10. The molecule has 1 aromatic heterocycles. The van der Waals surface area contributed by atoms with Crippen molar-refractivity contribution in [2.45, 2.75) is 33.0 Å². The molecule has 0 saturated carbocycles. The topological polar surface area (TPSA) is 50.1 Å². The van der Waals surface area contributed by atoms with Gasteiger partial charge in [0, 0.05) is 31.4 Å². The summed E-state index contributed by atoms with van der Waals surface area (Å²) in [6, 6.07) is 7.30. The van der Waals surface area contributed by atoms with Crippen LogP contribution in [0.2, 0.25) is 0 Å². The van der Waals surface area contributed by atoms with Crippen LogP contribution in [0.5, 0.6) is 5.75 Å². The summed E-state index contributed by atoms with van der Waals surface area (Å²) in [5.74, 6) is 0.310. The van der Waals surface area contributed by atoms with Gasteiger partial charge in [0.05, 0.1) is 6.20 Å². The van der Waals surface area contributed by atoms with Crippen molar-refractivity contribution in [1.82, 2.24) is 15.1 Å². The Kier molecular flexibility index (Phi) is 6.39. The van der Waals surface area contributed by atoms with Gasteiger partial charge in [0.25, 0.3) is 0 Å². The van der Waals surface area contributed by atoms with Crippen molar-refractivity contribution in [1.29, 1.82) is 0 Å². The van der Waals surface area contributed by atoms with Crippen molar-refractivity contribution in [2.24, 2.45) is 0 Å². The van der Waals surface area contributed by atoms with E-state index in [0.717, 1.165) is 31.6 Å². The van der Waals surface area contributed by atoms with Crippen molar-refractivity contribution in [3.05, 3.63) is 47.8 Å². The van der Waals surface area contributed by atoms with Crippen LogP contribution in [0, 0.1) is 0 Å². The molecule has 0 unspecified atom stereocenters. The number of rotatable bonds is 6. The molecule has 1 heterocycles. The average molecular weight is 282 g/mol. The molecule has 5 heteroatoms. The Balaban J connectivity index is 0.00000180. The van der Waals surface area contributed by atoms with E-state index in [2.05, 4.69) is 23.5 Å². The molecule has 4 nitrogen and oxygen atoms in total. The number of nitrogens with one attached hydrogen (secondary N) is 1. The zero-order valence-electron chi connectivity index (χ0n) is 11.0. The second-order valence-corrected chi connectivity index (χ2v) is 4.39. The van der Waals surface area contributed by atoms with Crippen LogP contribution >= 0.6 is 12.4 Å². The molecular formula is C14H20ClN3O. The lowest BCUT2D eigenvalue weighted by molar-refractivity contribution is 0.474. The van der Waals surface area contributed by atoms with Gasteiger partial charge < -0.3 is 10.4 Å². The van der Waals surface area contributed by atoms with E-state index in [-0.39, 0.29) is 12.4 Å². The first-order valence-corrected chi connectivity index (χ1v) is 6.28. The molecule has 2 rings (SSSR count). The number of hydrogen-bond donors (Lipinski definition) is 2.